The molecule has 2 aromatic rings. The summed E-state index contributed by atoms with van der Waals surface area (Å²) in [7, 11) is 0. The van der Waals surface area contributed by atoms with Crippen LogP contribution in [0.5, 0.6) is 0 Å². The molecule has 1 aromatic carbocycles. The number of hydrogen-bond donors (Lipinski definition) is 2. The largest absolute Gasteiger partial charge is 0.409 e. The van der Waals surface area contributed by atoms with Gasteiger partial charge >= 0.3 is 0 Å². The third-order valence-electron chi connectivity index (χ3n) is 4.39. The number of rotatable bonds is 3. The van der Waals surface area contributed by atoms with Crippen molar-refractivity contribution in [1.29, 1.82) is 0 Å². The molecular formula is C16H19N3O2S. The summed E-state index contributed by atoms with van der Waals surface area (Å²) in [6, 6.07) is 7.41. The Labute approximate surface area is 134 Å². The summed E-state index contributed by atoms with van der Waals surface area (Å²) in [5.41, 5.74) is 1.59. The van der Waals surface area contributed by atoms with Gasteiger partial charge in [-0.2, -0.15) is 0 Å². The van der Waals surface area contributed by atoms with Crippen LogP contribution in [0.2, 0.25) is 0 Å². The molecule has 0 unspecified atom stereocenters. The lowest BCUT2D eigenvalue weighted by Gasteiger charge is -2.27. The van der Waals surface area contributed by atoms with Crippen LogP contribution in [0.15, 0.2) is 28.7 Å². The van der Waals surface area contributed by atoms with Crippen molar-refractivity contribution in [3.8, 4) is 11.5 Å². The van der Waals surface area contributed by atoms with E-state index in [0.29, 0.717) is 11.5 Å². The second-order valence-corrected chi connectivity index (χ2v) is 6.77. The Hall–Kier alpha value is -1.95. The molecule has 22 heavy (non-hydrogen) atoms. The van der Waals surface area contributed by atoms with E-state index in [2.05, 4.69) is 29.4 Å². The summed E-state index contributed by atoms with van der Waals surface area (Å²) >= 11 is 4.85. The fraction of sp³-hybridized carbons (Fsp3) is 0.438. The Balaban J connectivity index is 1.72. The zero-order valence-corrected chi connectivity index (χ0v) is 13.5. The van der Waals surface area contributed by atoms with E-state index in [9.17, 15) is 4.79 Å². The molecule has 1 atom stereocenters. The number of aromatic nitrogens is 2. The van der Waals surface area contributed by atoms with Crippen molar-refractivity contribution in [1.82, 2.24) is 15.5 Å². The molecule has 0 radical (unpaired) electrons. The van der Waals surface area contributed by atoms with E-state index in [-0.39, 0.29) is 22.2 Å². The quantitative estimate of drug-likeness (QED) is 0.847. The van der Waals surface area contributed by atoms with E-state index >= 15 is 0 Å². The standard InChI is InChI=1S/C16H19N3O2S/c1-16(2)9-3-4-12(16)17-13(20)10-5-7-11(8-6-10)14-18-19-15(22)21-14/h5-8,12H,3-4,9H2,1-2H3,(H,17,20)(H,19,22)/t12-/m1/s1. The van der Waals surface area contributed by atoms with Gasteiger partial charge in [0.15, 0.2) is 0 Å². The Bertz CT molecular complexity index is 730. The lowest BCUT2D eigenvalue weighted by Crippen LogP contribution is -2.41. The summed E-state index contributed by atoms with van der Waals surface area (Å²) < 4.78 is 5.25. The summed E-state index contributed by atoms with van der Waals surface area (Å²) in [5, 5.41) is 9.69. The summed E-state index contributed by atoms with van der Waals surface area (Å²) in [5.74, 6) is 0.392. The normalized spacial score (nSPS) is 20.0. The maximum atomic E-state index is 12.4. The average Bonchev–Trinajstić information content (AvgIpc) is 3.05. The molecule has 0 saturated heterocycles. The summed E-state index contributed by atoms with van der Waals surface area (Å²) in [6.45, 7) is 4.42. The topological polar surface area (TPSA) is 70.9 Å². The van der Waals surface area contributed by atoms with Crippen molar-refractivity contribution < 1.29 is 9.21 Å². The molecule has 0 spiro atoms. The molecule has 1 heterocycles. The molecule has 1 fully saturated rings. The van der Waals surface area contributed by atoms with E-state index in [1.807, 2.05) is 12.1 Å². The van der Waals surface area contributed by atoms with Crippen LogP contribution >= 0.6 is 12.2 Å². The Morgan fingerprint density at radius 3 is 2.68 bits per heavy atom. The number of aromatic amines is 1. The van der Waals surface area contributed by atoms with Crippen LogP contribution in [0.3, 0.4) is 0 Å². The number of benzene rings is 1. The third-order valence-corrected chi connectivity index (χ3v) is 4.57. The molecule has 116 valence electrons. The molecule has 6 heteroatoms. The maximum Gasteiger partial charge on any atom is 0.284 e. The smallest absolute Gasteiger partial charge is 0.284 e. The number of nitrogens with zero attached hydrogens (tertiary/aromatic N) is 1. The highest BCUT2D eigenvalue weighted by atomic mass is 32.1. The van der Waals surface area contributed by atoms with Gasteiger partial charge in [0, 0.05) is 17.2 Å². The Morgan fingerprint density at radius 2 is 2.14 bits per heavy atom. The SMILES string of the molecule is CC1(C)CCC[C@H]1NC(=O)c1ccc(-c2n[nH]c(=S)o2)cc1. The minimum Gasteiger partial charge on any atom is -0.409 e. The molecule has 0 bridgehead atoms. The third kappa shape index (κ3) is 2.97. The predicted octanol–water partition coefficient (Wildman–Crippen LogP) is 3.71. The minimum atomic E-state index is -0.0329. The van der Waals surface area contributed by atoms with Gasteiger partial charge in [-0.15, -0.1) is 5.10 Å². The van der Waals surface area contributed by atoms with E-state index in [1.54, 1.807) is 12.1 Å². The second kappa shape index (κ2) is 5.68. The first-order chi connectivity index (χ1) is 10.5. The second-order valence-electron chi connectivity index (χ2n) is 6.40. The van der Waals surface area contributed by atoms with Crippen LogP contribution < -0.4 is 5.32 Å². The van der Waals surface area contributed by atoms with E-state index in [1.165, 1.54) is 6.42 Å². The van der Waals surface area contributed by atoms with Crippen molar-refractivity contribution >= 4 is 18.1 Å². The van der Waals surface area contributed by atoms with Gasteiger partial charge in [-0.05, 0) is 54.7 Å². The van der Waals surface area contributed by atoms with Crippen LogP contribution in [-0.4, -0.2) is 22.1 Å². The molecule has 1 saturated carbocycles. The van der Waals surface area contributed by atoms with E-state index < -0.39 is 0 Å². The molecule has 0 aliphatic heterocycles. The number of amides is 1. The van der Waals surface area contributed by atoms with Crippen molar-refractivity contribution in [3.05, 3.63) is 34.7 Å². The molecule has 1 aliphatic carbocycles. The van der Waals surface area contributed by atoms with Gasteiger partial charge in [-0.3, -0.25) is 4.79 Å². The van der Waals surface area contributed by atoms with Gasteiger partial charge in [-0.1, -0.05) is 20.3 Å². The first-order valence-electron chi connectivity index (χ1n) is 7.42. The molecule has 3 rings (SSSR count). The molecule has 2 N–H and O–H groups in total. The Kier molecular flexibility index (Phi) is 3.87. The van der Waals surface area contributed by atoms with Crippen molar-refractivity contribution in [2.75, 3.05) is 0 Å². The number of carbonyl (C=O) groups excluding carboxylic acids is 1. The molecule has 1 aromatic heterocycles. The Morgan fingerprint density at radius 1 is 1.41 bits per heavy atom. The number of carbonyl (C=O) groups is 1. The molecule has 1 amide bonds. The predicted molar refractivity (Wildman–Crippen MR) is 86.0 cm³/mol. The molecule has 5 nitrogen and oxygen atoms in total. The summed E-state index contributed by atoms with van der Waals surface area (Å²) in [4.78, 5) is 12.6. The van der Waals surface area contributed by atoms with Gasteiger partial charge in [0.05, 0.1) is 0 Å². The van der Waals surface area contributed by atoms with Crippen LogP contribution in [0, 0.1) is 10.3 Å². The lowest BCUT2D eigenvalue weighted by molar-refractivity contribution is 0.0910. The zero-order chi connectivity index (χ0) is 15.7. The van der Waals surface area contributed by atoms with Crippen molar-refractivity contribution in [2.24, 2.45) is 5.41 Å². The van der Waals surface area contributed by atoms with Crippen molar-refractivity contribution in [3.63, 3.8) is 0 Å². The van der Waals surface area contributed by atoms with Gasteiger partial charge in [0.2, 0.25) is 5.89 Å². The fourth-order valence-corrected chi connectivity index (χ4v) is 3.08. The molecule has 1 aliphatic rings. The average molecular weight is 317 g/mol. The van der Waals surface area contributed by atoms with Gasteiger partial charge in [-0.25, -0.2) is 5.10 Å². The van der Waals surface area contributed by atoms with Crippen LogP contribution in [0.4, 0.5) is 0 Å². The number of nitrogens with one attached hydrogen (secondary N) is 2. The minimum absolute atomic E-state index is 0.0329. The lowest BCUT2D eigenvalue weighted by atomic mass is 9.87. The monoisotopic (exact) mass is 317 g/mol. The fourth-order valence-electron chi connectivity index (χ4n) is 2.95. The highest BCUT2D eigenvalue weighted by molar-refractivity contribution is 7.71. The maximum absolute atomic E-state index is 12.4. The van der Waals surface area contributed by atoms with E-state index in [0.717, 1.165) is 18.4 Å². The van der Waals surface area contributed by atoms with Gasteiger partial charge < -0.3 is 9.73 Å². The van der Waals surface area contributed by atoms with Gasteiger partial charge in [0.25, 0.3) is 10.7 Å². The highest BCUT2D eigenvalue weighted by Gasteiger charge is 2.35. The van der Waals surface area contributed by atoms with Crippen LogP contribution in [0.25, 0.3) is 11.5 Å². The van der Waals surface area contributed by atoms with Crippen molar-refractivity contribution in [2.45, 2.75) is 39.2 Å². The zero-order valence-electron chi connectivity index (χ0n) is 12.7. The number of H-pyrrole nitrogens is 1. The van der Waals surface area contributed by atoms with Gasteiger partial charge in [0.1, 0.15) is 0 Å². The first kappa shape index (κ1) is 15.0. The highest BCUT2D eigenvalue weighted by Crippen LogP contribution is 2.37. The van der Waals surface area contributed by atoms with Crippen LogP contribution in [0.1, 0.15) is 43.5 Å². The molecular weight excluding hydrogens is 298 g/mol. The summed E-state index contributed by atoms with van der Waals surface area (Å²) in [6.07, 6.45) is 3.37. The first-order valence-corrected chi connectivity index (χ1v) is 7.83. The number of hydrogen-bond acceptors (Lipinski definition) is 4. The van der Waals surface area contributed by atoms with Crippen LogP contribution in [-0.2, 0) is 0 Å². The van der Waals surface area contributed by atoms with E-state index in [4.69, 9.17) is 16.6 Å².